The van der Waals surface area contributed by atoms with Gasteiger partial charge >= 0.3 is 0 Å². The maximum atomic E-state index is 12.9. The predicted octanol–water partition coefficient (Wildman–Crippen LogP) is 2.92. The minimum absolute atomic E-state index is 0.146. The predicted molar refractivity (Wildman–Crippen MR) is 45.6 cm³/mol. The van der Waals surface area contributed by atoms with E-state index in [1.165, 1.54) is 6.07 Å². The molecule has 0 fully saturated rings. The van der Waals surface area contributed by atoms with Crippen LogP contribution in [0.4, 0.5) is 4.39 Å². The van der Waals surface area contributed by atoms with Crippen molar-refractivity contribution in [2.75, 3.05) is 5.88 Å². The molecule has 0 aliphatic carbocycles. The molecule has 0 nitrogen and oxygen atoms in total. The van der Waals surface area contributed by atoms with E-state index >= 15 is 0 Å². The number of aryl methyl sites for hydroxylation is 2. The lowest BCUT2D eigenvalue weighted by Crippen LogP contribution is -1.89. The highest BCUT2D eigenvalue weighted by Gasteiger charge is 1.97. The van der Waals surface area contributed by atoms with Gasteiger partial charge in [0, 0.05) is 5.88 Å². The van der Waals surface area contributed by atoms with Crippen molar-refractivity contribution in [3.8, 4) is 0 Å². The number of alkyl halides is 1. The van der Waals surface area contributed by atoms with Crippen molar-refractivity contribution < 1.29 is 4.39 Å². The summed E-state index contributed by atoms with van der Waals surface area (Å²) in [5, 5.41) is 0. The highest BCUT2D eigenvalue weighted by atomic mass is 35.5. The van der Waals surface area contributed by atoms with Crippen molar-refractivity contribution in [2.24, 2.45) is 0 Å². The summed E-state index contributed by atoms with van der Waals surface area (Å²) in [6.45, 7) is 1.75. The van der Waals surface area contributed by atoms with Crippen LogP contribution in [0.25, 0.3) is 0 Å². The third-order valence-electron chi connectivity index (χ3n) is 1.62. The Morgan fingerprint density at radius 1 is 1.45 bits per heavy atom. The summed E-state index contributed by atoms with van der Waals surface area (Å²) in [4.78, 5) is 0. The molecule has 0 aliphatic rings. The molecule has 0 N–H and O–H groups in total. The molecule has 0 spiro atoms. The first-order chi connectivity index (χ1) is 5.24. The molecule has 0 radical (unpaired) electrons. The fraction of sp³-hybridized carbons (Fsp3) is 0.333. The molecule has 0 heterocycles. The Balaban J connectivity index is 2.86. The first-order valence-electron chi connectivity index (χ1n) is 3.55. The van der Waals surface area contributed by atoms with Gasteiger partial charge in [0.2, 0.25) is 0 Å². The molecule has 0 amide bonds. The number of rotatable bonds is 2. The molecule has 0 bridgehead atoms. The van der Waals surface area contributed by atoms with Crippen LogP contribution in [0.5, 0.6) is 0 Å². The zero-order chi connectivity index (χ0) is 8.27. The van der Waals surface area contributed by atoms with Crippen LogP contribution in [-0.2, 0) is 6.42 Å². The Morgan fingerprint density at radius 2 is 2.18 bits per heavy atom. The van der Waals surface area contributed by atoms with Crippen molar-refractivity contribution in [3.63, 3.8) is 0 Å². The van der Waals surface area contributed by atoms with E-state index in [2.05, 4.69) is 0 Å². The highest BCUT2D eigenvalue weighted by Crippen LogP contribution is 2.09. The van der Waals surface area contributed by atoms with Crippen LogP contribution in [0.1, 0.15) is 11.1 Å². The zero-order valence-electron chi connectivity index (χ0n) is 6.40. The fourth-order valence-corrected chi connectivity index (χ4v) is 1.12. The summed E-state index contributed by atoms with van der Waals surface area (Å²) in [5.74, 6) is 0.398. The van der Waals surface area contributed by atoms with Gasteiger partial charge < -0.3 is 0 Å². The van der Waals surface area contributed by atoms with Gasteiger partial charge in [-0.05, 0) is 30.5 Å². The maximum Gasteiger partial charge on any atom is 0.126 e. The molecule has 1 rings (SSSR count). The standard InChI is InChI=1S/C9H10ClF/c1-7-2-3-8(4-5-10)6-9(7)11/h2-3,6H,4-5H2,1H3. The molecule has 2 heteroatoms. The van der Waals surface area contributed by atoms with E-state index < -0.39 is 0 Å². The summed E-state index contributed by atoms with van der Waals surface area (Å²) in [6.07, 6.45) is 0.735. The molecule has 0 saturated carbocycles. The van der Waals surface area contributed by atoms with Crippen LogP contribution < -0.4 is 0 Å². The normalized spacial score (nSPS) is 10.1. The van der Waals surface area contributed by atoms with Crippen molar-refractivity contribution in [3.05, 3.63) is 35.1 Å². The summed E-state index contributed by atoms with van der Waals surface area (Å²) in [7, 11) is 0. The fourth-order valence-electron chi connectivity index (χ4n) is 0.901. The molecule has 0 aromatic heterocycles. The average Bonchev–Trinajstić information content (AvgIpc) is 1.98. The second-order valence-electron chi connectivity index (χ2n) is 2.52. The molecular formula is C9H10ClF. The molecule has 1 aromatic carbocycles. The highest BCUT2D eigenvalue weighted by molar-refractivity contribution is 6.17. The topological polar surface area (TPSA) is 0 Å². The maximum absolute atomic E-state index is 12.9. The summed E-state index contributed by atoms with van der Waals surface area (Å²) in [5.41, 5.74) is 1.64. The smallest absolute Gasteiger partial charge is 0.126 e. The van der Waals surface area contributed by atoms with Crippen molar-refractivity contribution in [1.82, 2.24) is 0 Å². The molecule has 0 saturated heterocycles. The van der Waals surface area contributed by atoms with Crippen molar-refractivity contribution >= 4 is 11.6 Å². The van der Waals surface area contributed by atoms with Crippen LogP contribution in [0.3, 0.4) is 0 Å². The second-order valence-corrected chi connectivity index (χ2v) is 2.90. The Hall–Kier alpha value is -0.560. The molecule has 0 atom stereocenters. The lowest BCUT2D eigenvalue weighted by Gasteiger charge is -1.99. The van der Waals surface area contributed by atoms with Gasteiger partial charge in [-0.15, -0.1) is 11.6 Å². The van der Waals surface area contributed by atoms with Gasteiger partial charge in [0.15, 0.2) is 0 Å². The summed E-state index contributed by atoms with van der Waals surface area (Å²) < 4.78 is 12.9. The van der Waals surface area contributed by atoms with E-state index in [1.54, 1.807) is 13.0 Å². The van der Waals surface area contributed by atoms with E-state index in [0.29, 0.717) is 11.4 Å². The largest absolute Gasteiger partial charge is 0.207 e. The minimum Gasteiger partial charge on any atom is -0.207 e. The van der Waals surface area contributed by atoms with Crippen LogP contribution in [0.2, 0.25) is 0 Å². The first kappa shape index (κ1) is 8.54. The van der Waals surface area contributed by atoms with Crippen LogP contribution in [0.15, 0.2) is 18.2 Å². The van der Waals surface area contributed by atoms with Gasteiger partial charge in [0.1, 0.15) is 5.82 Å². The minimum atomic E-state index is -0.146. The summed E-state index contributed by atoms with van der Waals surface area (Å²) in [6, 6.07) is 5.22. The zero-order valence-corrected chi connectivity index (χ0v) is 7.16. The van der Waals surface area contributed by atoms with Gasteiger partial charge in [-0.25, -0.2) is 4.39 Å². The van der Waals surface area contributed by atoms with E-state index in [0.717, 1.165) is 12.0 Å². The van der Waals surface area contributed by atoms with Crippen molar-refractivity contribution in [1.29, 1.82) is 0 Å². The van der Waals surface area contributed by atoms with Crippen LogP contribution in [0, 0.1) is 12.7 Å². The number of benzene rings is 1. The average molecular weight is 173 g/mol. The lowest BCUT2D eigenvalue weighted by atomic mass is 10.1. The van der Waals surface area contributed by atoms with E-state index in [9.17, 15) is 4.39 Å². The van der Waals surface area contributed by atoms with E-state index in [-0.39, 0.29) is 5.82 Å². The number of hydrogen-bond acceptors (Lipinski definition) is 0. The third-order valence-corrected chi connectivity index (χ3v) is 1.81. The van der Waals surface area contributed by atoms with Gasteiger partial charge in [-0.2, -0.15) is 0 Å². The van der Waals surface area contributed by atoms with Gasteiger partial charge in [0.25, 0.3) is 0 Å². The quantitative estimate of drug-likeness (QED) is 0.602. The Labute approximate surface area is 71.0 Å². The molecule has 1 aromatic rings. The van der Waals surface area contributed by atoms with Gasteiger partial charge in [-0.1, -0.05) is 12.1 Å². The monoisotopic (exact) mass is 172 g/mol. The SMILES string of the molecule is Cc1ccc(CCCl)cc1F. The first-order valence-corrected chi connectivity index (χ1v) is 4.08. The second kappa shape index (κ2) is 3.72. The molecule has 0 aliphatic heterocycles. The van der Waals surface area contributed by atoms with Crippen molar-refractivity contribution in [2.45, 2.75) is 13.3 Å². The molecule has 11 heavy (non-hydrogen) atoms. The third kappa shape index (κ3) is 2.19. The van der Waals surface area contributed by atoms with Gasteiger partial charge in [-0.3, -0.25) is 0 Å². The Morgan fingerprint density at radius 3 is 2.73 bits per heavy atom. The summed E-state index contributed by atoms with van der Waals surface area (Å²) >= 11 is 5.51. The molecule has 60 valence electrons. The molecular weight excluding hydrogens is 163 g/mol. The van der Waals surface area contributed by atoms with Gasteiger partial charge in [0.05, 0.1) is 0 Å². The Bertz CT molecular complexity index is 245. The van der Waals surface area contributed by atoms with E-state index in [1.807, 2.05) is 6.07 Å². The Kier molecular flexibility index (Phi) is 2.89. The number of hydrogen-bond donors (Lipinski definition) is 0. The van der Waals surface area contributed by atoms with Crippen LogP contribution in [-0.4, -0.2) is 5.88 Å². The molecule has 0 unspecified atom stereocenters. The van der Waals surface area contributed by atoms with Crippen LogP contribution >= 0.6 is 11.6 Å². The van der Waals surface area contributed by atoms with E-state index in [4.69, 9.17) is 11.6 Å². The number of halogens is 2. The lowest BCUT2D eigenvalue weighted by molar-refractivity contribution is 0.616.